The van der Waals surface area contributed by atoms with Crippen LogP contribution in [-0.4, -0.2) is 33.8 Å². The first kappa shape index (κ1) is 13.6. The second-order valence-corrected chi connectivity index (χ2v) is 5.35. The summed E-state index contributed by atoms with van der Waals surface area (Å²) in [6.45, 7) is 2.14. The van der Waals surface area contributed by atoms with Crippen molar-refractivity contribution >= 4 is 17.7 Å². The molecule has 2 N–H and O–H groups in total. The van der Waals surface area contributed by atoms with Crippen molar-refractivity contribution < 1.29 is 19.5 Å². The molecule has 6 nitrogen and oxygen atoms in total. The smallest absolute Gasteiger partial charge is 0.255 e. The average Bonchev–Trinajstić information content (AvgIpc) is 2.78. The van der Waals surface area contributed by atoms with Gasteiger partial charge >= 0.3 is 0 Å². The van der Waals surface area contributed by atoms with Crippen LogP contribution in [0.4, 0.5) is 0 Å². The molecular formula is C15H16N2O4. The maximum atomic E-state index is 12.4. The van der Waals surface area contributed by atoms with Crippen LogP contribution < -0.4 is 5.32 Å². The molecule has 0 aromatic heterocycles. The highest BCUT2D eigenvalue weighted by Crippen LogP contribution is 2.35. The number of benzene rings is 1. The Morgan fingerprint density at radius 3 is 2.76 bits per heavy atom. The molecule has 2 aliphatic heterocycles. The van der Waals surface area contributed by atoms with E-state index in [4.69, 9.17) is 0 Å². The van der Waals surface area contributed by atoms with Gasteiger partial charge in [-0.2, -0.15) is 0 Å². The zero-order valence-corrected chi connectivity index (χ0v) is 11.7. The Balaban J connectivity index is 1.92. The van der Waals surface area contributed by atoms with Crippen LogP contribution in [0.25, 0.3) is 0 Å². The van der Waals surface area contributed by atoms with E-state index in [1.54, 1.807) is 12.1 Å². The lowest BCUT2D eigenvalue weighted by Gasteiger charge is -2.29. The topological polar surface area (TPSA) is 86.7 Å². The van der Waals surface area contributed by atoms with Gasteiger partial charge in [-0.1, -0.05) is 13.0 Å². The Labute approximate surface area is 121 Å². The third kappa shape index (κ3) is 2.07. The zero-order chi connectivity index (χ0) is 15.1. The molecule has 1 aromatic rings. The minimum Gasteiger partial charge on any atom is -0.507 e. The number of phenolic OH excluding ortho intramolecular Hbond substituents is 1. The number of carbonyl (C=O) groups is 3. The number of aromatic hydroxyl groups is 1. The van der Waals surface area contributed by atoms with Crippen molar-refractivity contribution in [2.75, 3.05) is 0 Å². The molecule has 110 valence electrons. The molecule has 0 radical (unpaired) electrons. The number of phenols is 1. The van der Waals surface area contributed by atoms with Gasteiger partial charge in [0.15, 0.2) is 0 Å². The number of fused-ring (bicyclic) bond motifs is 1. The fourth-order valence-electron chi connectivity index (χ4n) is 2.96. The summed E-state index contributed by atoms with van der Waals surface area (Å²) in [5.41, 5.74) is 1.80. The van der Waals surface area contributed by atoms with Crippen molar-refractivity contribution in [3.05, 3.63) is 28.8 Å². The summed E-state index contributed by atoms with van der Waals surface area (Å²) < 4.78 is 0. The molecule has 1 saturated heterocycles. The van der Waals surface area contributed by atoms with Crippen molar-refractivity contribution in [2.45, 2.75) is 38.8 Å². The highest BCUT2D eigenvalue weighted by molar-refractivity contribution is 6.05. The van der Waals surface area contributed by atoms with Gasteiger partial charge in [0, 0.05) is 17.5 Å². The number of piperidine rings is 1. The van der Waals surface area contributed by atoms with Crippen molar-refractivity contribution in [2.24, 2.45) is 0 Å². The molecule has 21 heavy (non-hydrogen) atoms. The van der Waals surface area contributed by atoms with Gasteiger partial charge < -0.3 is 10.0 Å². The van der Waals surface area contributed by atoms with Gasteiger partial charge in [0.25, 0.3) is 5.91 Å². The van der Waals surface area contributed by atoms with Crippen LogP contribution in [0.5, 0.6) is 5.75 Å². The van der Waals surface area contributed by atoms with Gasteiger partial charge in [-0.25, -0.2) is 0 Å². The number of hydrogen-bond acceptors (Lipinski definition) is 4. The monoisotopic (exact) mass is 288 g/mol. The first-order chi connectivity index (χ1) is 10.0. The molecular weight excluding hydrogens is 272 g/mol. The molecule has 1 fully saturated rings. The van der Waals surface area contributed by atoms with E-state index in [2.05, 4.69) is 5.32 Å². The summed E-state index contributed by atoms with van der Waals surface area (Å²) >= 11 is 0. The second-order valence-electron chi connectivity index (χ2n) is 5.35. The molecule has 0 spiro atoms. The fraction of sp³-hybridized carbons (Fsp3) is 0.400. The molecule has 3 amide bonds. The maximum Gasteiger partial charge on any atom is 0.255 e. The summed E-state index contributed by atoms with van der Waals surface area (Å²) in [5, 5.41) is 12.5. The van der Waals surface area contributed by atoms with Crippen molar-refractivity contribution in [1.82, 2.24) is 10.2 Å². The molecule has 0 bridgehead atoms. The quantitative estimate of drug-likeness (QED) is 0.785. The molecule has 2 aliphatic rings. The lowest BCUT2D eigenvalue weighted by atomic mass is 10.0. The first-order valence-corrected chi connectivity index (χ1v) is 7.01. The number of nitrogens with zero attached hydrogens (tertiary/aromatic N) is 1. The number of hydrogen-bond donors (Lipinski definition) is 2. The van der Waals surface area contributed by atoms with E-state index in [-0.39, 0.29) is 30.5 Å². The Morgan fingerprint density at radius 2 is 2.10 bits per heavy atom. The molecule has 3 rings (SSSR count). The molecule has 1 atom stereocenters. The normalized spacial score (nSPS) is 21.5. The Hall–Kier alpha value is -2.37. The Bertz CT molecular complexity index is 653. The number of carbonyl (C=O) groups excluding carboxylic acids is 3. The highest BCUT2D eigenvalue weighted by Gasteiger charge is 2.40. The fourth-order valence-corrected chi connectivity index (χ4v) is 2.96. The van der Waals surface area contributed by atoms with Crippen molar-refractivity contribution in [1.29, 1.82) is 0 Å². The lowest BCUT2D eigenvalue weighted by molar-refractivity contribution is -0.136. The van der Waals surface area contributed by atoms with Crippen LogP contribution >= 0.6 is 0 Å². The number of rotatable bonds is 2. The van der Waals surface area contributed by atoms with Gasteiger partial charge in [0.2, 0.25) is 11.8 Å². The molecule has 2 heterocycles. The van der Waals surface area contributed by atoms with Gasteiger partial charge in [0.05, 0.1) is 6.54 Å². The number of nitrogens with one attached hydrogen (secondary N) is 1. The van der Waals surface area contributed by atoms with E-state index in [0.29, 0.717) is 24.0 Å². The van der Waals surface area contributed by atoms with Crippen LogP contribution in [0.15, 0.2) is 12.1 Å². The summed E-state index contributed by atoms with van der Waals surface area (Å²) in [7, 11) is 0. The van der Waals surface area contributed by atoms with Crippen LogP contribution in [-0.2, 0) is 22.6 Å². The van der Waals surface area contributed by atoms with Crippen molar-refractivity contribution in [3.63, 3.8) is 0 Å². The summed E-state index contributed by atoms with van der Waals surface area (Å²) in [6.07, 6.45) is 1.22. The minimum absolute atomic E-state index is 0.137. The SMILES string of the molecule is CCc1ccc2c(c1O)CN(C1CCC(=O)NC1=O)C2=O. The molecule has 1 unspecified atom stereocenters. The van der Waals surface area contributed by atoms with E-state index in [1.165, 1.54) is 4.90 Å². The Kier molecular flexibility index (Phi) is 3.16. The predicted molar refractivity (Wildman–Crippen MR) is 73.5 cm³/mol. The number of aryl methyl sites for hydroxylation is 1. The number of amides is 3. The summed E-state index contributed by atoms with van der Waals surface area (Å²) in [5.74, 6) is -0.880. The van der Waals surface area contributed by atoms with Crippen LogP contribution in [0, 0.1) is 0 Å². The van der Waals surface area contributed by atoms with Gasteiger partial charge in [-0.3, -0.25) is 19.7 Å². The van der Waals surface area contributed by atoms with E-state index in [0.717, 1.165) is 5.56 Å². The second kappa shape index (κ2) is 4.87. The zero-order valence-electron chi connectivity index (χ0n) is 11.7. The lowest BCUT2D eigenvalue weighted by Crippen LogP contribution is -2.52. The van der Waals surface area contributed by atoms with Gasteiger partial charge in [0.1, 0.15) is 11.8 Å². The third-order valence-corrected chi connectivity index (χ3v) is 4.15. The van der Waals surface area contributed by atoms with E-state index >= 15 is 0 Å². The molecule has 6 heteroatoms. The molecule has 0 saturated carbocycles. The highest BCUT2D eigenvalue weighted by atomic mass is 16.3. The van der Waals surface area contributed by atoms with E-state index in [1.807, 2.05) is 6.92 Å². The van der Waals surface area contributed by atoms with Crippen molar-refractivity contribution in [3.8, 4) is 5.75 Å². The van der Waals surface area contributed by atoms with Crippen LogP contribution in [0.1, 0.15) is 41.3 Å². The number of imide groups is 1. The molecule has 0 aliphatic carbocycles. The standard InChI is InChI=1S/C15H16N2O4/c1-2-8-3-4-9-10(13(8)19)7-17(15(9)21)11-5-6-12(18)16-14(11)20/h3-4,11,19H,2,5-7H2,1H3,(H,16,18,20). The average molecular weight is 288 g/mol. The molecule has 1 aromatic carbocycles. The largest absolute Gasteiger partial charge is 0.507 e. The van der Waals surface area contributed by atoms with Crippen LogP contribution in [0.2, 0.25) is 0 Å². The Morgan fingerprint density at radius 1 is 1.33 bits per heavy atom. The maximum absolute atomic E-state index is 12.4. The van der Waals surface area contributed by atoms with Gasteiger partial charge in [-0.05, 0) is 24.5 Å². The minimum atomic E-state index is -0.646. The third-order valence-electron chi connectivity index (χ3n) is 4.15. The summed E-state index contributed by atoms with van der Waals surface area (Å²) in [4.78, 5) is 37.0. The predicted octanol–water partition coefficient (Wildman–Crippen LogP) is 0.716. The summed E-state index contributed by atoms with van der Waals surface area (Å²) in [6, 6.07) is 2.79. The van der Waals surface area contributed by atoms with Crippen LogP contribution in [0.3, 0.4) is 0 Å². The first-order valence-electron chi connectivity index (χ1n) is 7.01. The van der Waals surface area contributed by atoms with Gasteiger partial charge in [-0.15, -0.1) is 0 Å². The van der Waals surface area contributed by atoms with E-state index < -0.39 is 11.9 Å². The van der Waals surface area contributed by atoms with E-state index in [9.17, 15) is 19.5 Å².